The first-order valence-corrected chi connectivity index (χ1v) is 17.5. The van der Waals surface area contributed by atoms with Crippen molar-refractivity contribution in [1.29, 1.82) is 0 Å². The van der Waals surface area contributed by atoms with E-state index in [9.17, 15) is 19.2 Å². The molecule has 0 saturated heterocycles. The molecule has 11 heteroatoms. The summed E-state index contributed by atoms with van der Waals surface area (Å²) in [5.41, 5.74) is -2.18. The van der Waals surface area contributed by atoms with Crippen LogP contribution in [0.15, 0.2) is 41.5 Å². The Balaban J connectivity index is 1.65. The molecular weight excluding hydrogens is 630 g/mol. The SMILES string of the molecule is COCO[C@@H]1[C@H]2CCC3=C(C(=O)CC3)[C@@]3(CCCOC(C)=O)C(=O)[C@]1([C@H](C)CNC(=O)OC(C)(C)C)CC[C@@]23COC(=O)c1ccccc1. The maximum Gasteiger partial charge on any atom is 0.407 e. The van der Waals surface area contributed by atoms with E-state index in [4.69, 9.17) is 23.7 Å². The van der Waals surface area contributed by atoms with Crippen LogP contribution in [0.3, 0.4) is 0 Å². The highest BCUT2D eigenvalue weighted by molar-refractivity contribution is 6.10. The van der Waals surface area contributed by atoms with Gasteiger partial charge in [-0.3, -0.25) is 14.4 Å². The number of rotatable bonds is 13. The number of ether oxygens (including phenoxy) is 5. The third kappa shape index (κ3) is 6.56. The molecule has 268 valence electrons. The van der Waals surface area contributed by atoms with Crippen LogP contribution in [-0.2, 0) is 38.1 Å². The summed E-state index contributed by atoms with van der Waals surface area (Å²) in [6, 6.07) is 8.72. The number of amides is 1. The first-order valence-electron chi connectivity index (χ1n) is 17.5. The first kappa shape index (κ1) is 36.7. The summed E-state index contributed by atoms with van der Waals surface area (Å²) in [6.45, 7) is 8.71. The normalized spacial score (nSPS) is 29.6. The van der Waals surface area contributed by atoms with Gasteiger partial charge in [-0.05, 0) is 89.7 Å². The van der Waals surface area contributed by atoms with E-state index in [0.717, 1.165) is 5.57 Å². The number of allylic oxidation sites excluding steroid dienone is 2. The maximum absolute atomic E-state index is 15.9. The topological polar surface area (TPSA) is 144 Å². The highest BCUT2D eigenvalue weighted by Gasteiger charge is 2.79. The molecule has 0 unspecified atom stereocenters. The summed E-state index contributed by atoms with van der Waals surface area (Å²) in [4.78, 5) is 68.1. The fourth-order valence-corrected chi connectivity index (χ4v) is 9.51. The largest absolute Gasteiger partial charge is 0.466 e. The zero-order valence-electron chi connectivity index (χ0n) is 29.7. The van der Waals surface area contributed by atoms with Gasteiger partial charge in [0.25, 0.3) is 0 Å². The van der Waals surface area contributed by atoms with Gasteiger partial charge in [0.2, 0.25) is 0 Å². The molecule has 5 aliphatic carbocycles. The number of hydrogen-bond donors (Lipinski definition) is 1. The molecule has 3 fully saturated rings. The van der Waals surface area contributed by atoms with E-state index in [1.807, 2.05) is 13.0 Å². The molecule has 5 aliphatic rings. The van der Waals surface area contributed by atoms with Crippen LogP contribution in [0.4, 0.5) is 4.79 Å². The van der Waals surface area contributed by atoms with Gasteiger partial charge in [0, 0.05) is 38.0 Å². The van der Waals surface area contributed by atoms with Crippen molar-refractivity contribution in [1.82, 2.24) is 5.32 Å². The summed E-state index contributed by atoms with van der Waals surface area (Å²) in [7, 11) is 1.53. The van der Waals surface area contributed by atoms with Crippen molar-refractivity contribution in [2.24, 2.45) is 28.1 Å². The van der Waals surface area contributed by atoms with Crippen molar-refractivity contribution >= 4 is 29.6 Å². The number of hydrogen-bond acceptors (Lipinski definition) is 10. The Bertz CT molecular complexity index is 1480. The van der Waals surface area contributed by atoms with Crippen LogP contribution < -0.4 is 5.32 Å². The number of fused-ring (bicyclic) bond motifs is 1. The zero-order valence-corrected chi connectivity index (χ0v) is 29.7. The second-order valence-corrected chi connectivity index (χ2v) is 15.1. The second-order valence-electron chi connectivity index (χ2n) is 15.1. The minimum atomic E-state index is -1.32. The number of ketones is 2. The molecule has 4 bridgehead atoms. The number of esters is 2. The average molecular weight is 682 g/mol. The lowest BCUT2D eigenvalue weighted by molar-refractivity contribution is -0.258. The third-order valence-corrected chi connectivity index (χ3v) is 11.4. The molecule has 0 aliphatic heterocycles. The van der Waals surface area contributed by atoms with Gasteiger partial charge in [-0.25, -0.2) is 9.59 Å². The number of benzene rings is 1. The van der Waals surface area contributed by atoms with Gasteiger partial charge in [0.1, 0.15) is 12.4 Å². The molecule has 1 N–H and O–H groups in total. The maximum atomic E-state index is 15.9. The van der Waals surface area contributed by atoms with E-state index in [1.165, 1.54) is 14.0 Å². The van der Waals surface area contributed by atoms with Crippen LogP contribution in [0.5, 0.6) is 0 Å². The highest BCUT2D eigenvalue weighted by atomic mass is 16.7. The lowest BCUT2D eigenvalue weighted by Gasteiger charge is -2.69. The van der Waals surface area contributed by atoms with E-state index in [1.54, 1.807) is 45.0 Å². The Labute approximate surface area is 288 Å². The van der Waals surface area contributed by atoms with Gasteiger partial charge >= 0.3 is 18.0 Å². The fraction of sp³-hybridized carbons (Fsp3) is 0.658. The van der Waals surface area contributed by atoms with Crippen LogP contribution in [0.25, 0.3) is 0 Å². The van der Waals surface area contributed by atoms with Crippen molar-refractivity contribution in [3.8, 4) is 0 Å². The molecule has 0 spiro atoms. The number of methoxy groups -OCH3 is 1. The van der Waals surface area contributed by atoms with E-state index >= 15 is 4.79 Å². The Kier molecular flexibility index (Phi) is 10.7. The number of Topliss-reactive ketones (excluding diaryl/α,β-unsaturated/α-hetero) is 2. The number of carbonyl (C=O) groups excluding carboxylic acids is 5. The van der Waals surface area contributed by atoms with Crippen LogP contribution in [0.1, 0.15) is 96.3 Å². The Hall–Kier alpha value is -3.57. The zero-order chi connectivity index (χ0) is 35.6. The quantitative estimate of drug-likeness (QED) is 0.118. The average Bonchev–Trinajstić information content (AvgIpc) is 3.38. The van der Waals surface area contributed by atoms with E-state index in [-0.39, 0.29) is 50.5 Å². The summed E-state index contributed by atoms with van der Waals surface area (Å²) >= 11 is 0. The summed E-state index contributed by atoms with van der Waals surface area (Å²) < 4.78 is 29.0. The molecular formula is C38H51NO10. The summed E-state index contributed by atoms with van der Waals surface area (Å²) in [6.07, 6.45) is 2.38. The molecule has 6 rings (SSSR count). The molecule has 49 heavy (non-hydrogen) atoms. The second kappa shape index (κ2) is 14.3. The van der Waals surface area contributed by atoms with Crippen LogP contribution in [0.2, 0.25) is 0 Å². The molecule has 0 heterocycles. The van der Waals surface area contributed by atoms with Crippen molar-refractivity contribution in [3.05, 3.63) is 47.0 Å². The summed E-state index contributed by atoms with van der Waals surface area (Å²) in [5.74, 6) is -1.84. The van der Waals surface area contributed by atoms with Gasteiger partial charge < -0.3 is 29.0 Å². The lowest BCUT2D eigenvalue weighted by Crippen LogP contribution is -2.76. The third-order valence-electron chi connectivity index (χ3n) is 11.4. The van der Waals surface area contributed by atoms with Crippen LogP contribution >= 0.6 is 0 Å². The fourth-order valence-electron chi connectivity index (χ4n) is 9.51. The van der Waals surface area contributed by atoms with E-state index in [0.29, 0.717) is 56.1 Å². The summed E-state index contributed by atoms with van der Waals surface area (Å²) in [5, 5.41) is 2.89. The Morgan fingerprint density at radius 1 is 1.02 bits per heavy atom. The van der Waals surface area contributed by atoms with Gasteiger partial charge in [0.15, 0.2) is 11.6 Å². The van der Waals surface area contributed by atoms with E-state index in [2.05, 4.69) is 5.32 Å². The molecule has 1 aromatic carbocycles. The number of carbonyl (C=O) groups is 5. The van der Waals surface area contributed by atoms with Crippen molar-refractivity contribution in [3.63, 3.8) is 0 Å². The lowest BCUT2D eigenvalue weighted by atomic mass is 9.34. The van der Waals surface area contributed by atoms with Gasteiger partial charge in [-0.15, -0.1) is 0 Å². The Morgan fingerprint density at radius 3 is 2.43 bits per heavy atom. The molecule has 6 atom stereocenters. The van der Waals surface area contributed by atoms with Crippen molar-refractivity contribution in [2.75, 3.05) is 33.7 Å². The molecule has 0 radical (unpaired) electrons. The van der Waals surface area contributed by atoms with Crippen LogP contribution in [-0.4, -0.2) is 75.0 Å². The predicted octanol–water partition coefficient (Wildman–Crippen LogP) is 5.74. The van der Waals surface area contributed by atoms with Crippen molar-refractivity contribution in [2.45, 2.75) is 97.7 Å². The minimum absolute atomic E-state index is 0.0539. The molecule has 11 nitrogen and oxygen atoms in total. The van der Waals surface area contributed by atoms with Gasteiger partial charge in [0.05, 0.1) is 35.7 Å². The molecule has 1 amide bonds. The first-order chi connectivity index (χ1) is 23.2. The van der Waals surface area contributed by atoms with Crippen molar-refractivity contribution < 1.29 is 47.7 Å². The number of alkyl carbamates (subject to hydrolysis) is 1. The van der Waals surface area contributed by atoms with E-state index < -0.39 is 51.9 Å². The van der Waals surface area contributed by atoms with Crippen LogP contribution in [0, 0.1) is 28.1 Å². The Morgan fingerprint density at radius 2 is 1.76 bits per heavy atom. The van der Waals surface area contributed by atoms with Gasteiger partial charge in [-0.2, -0.15) is 0 Å². The molecule has 0 aromatic heterocycles. The van der Waals surface area contributed by atoms with Gasteiger partial charge in [-0.1, -0.05) is 30.7 Å². The molecule has 3 saturated carbocycles. The standard InChI is InChI=1S/C38H51NO10/c1-24(21-39-34(44)49-35(3,4)5)37-19-18-36(22-47-32(42)27-11-8-7-9-12-27)28(31(37)48-23-45-6)15-13-26-14-16-29(41)30(26)38(36,33(37)43)17-10-20-46-25(2)40/h7-9,11-12,24,28,31H,10,13-23H2,1-6H3,(H,39,44)/t24-,28-,31-,36-,37+,38+/m1/s1. The predicted molar refractivity (Wildman–Crippen MR) is 178 cm³/mol. The minimum Gasteiger partial charge on any atom is -0.466 e. The number of nitrogens with one attached hydrogen (secondary N) is 1. The molecule has 1 aromatic rings. The smallest absolute Gasteiger partial charge is 0.407 e. The highest BCUT2D eigenvalue weighted by Crippen LogP contribution is 2.74. The monoisotopic (exact) mass is 681 g/mol.